The molecule has 1 heterocycles. The lowest BCUT2D eigenvalue weighted by molar-refractivity contribution is -0.135. The molecule has 0 radical (unpaired) electrons. The maximum atomic E-state index is 12.7. The number of likely N-dealkylation sites (N-methyl/N-ethyl adjacent to an activating group) is 1. The fraction of sp³-hybridized carbons (Fsp3) is 0.273. The zero-order chi connectivity index (χ0) is 20.4. The van der Waals surface area contributed by atoms with Crippen LogP contribution in [0.4, 0.5) is 5.69 Å². The Hall–Kier alpha value is -3.28. The Labute approximate surface area is 164 Å². The lowest BCUT2D eigenvalue weighted by Crippen LogP contribution is -2.28. The van der Waals surface area contributed by atoms with Gasteiger partial charge < -0.3 is 14.8 Å². The standard InChI is InChI=1S/C22H24N2O4/c1-13(2)28-16-9-7-15(8-10-16)19-20(22(26)24(4)21(19)25)23-17-12-14(3)6-11-18(17)27-5/h6-13,23H,1-5H3. The number of carbonyl (C=O) groups excluding carboxylic acids is 2. The number of benzene rings is 2. The number of anilines is 1. The number of hydrogen-bond acceptors (Lipinski definition) is 5. The van der Waals surface area contributed by atoms with E-state index in [1.54, 1.807) is 31.4 Å². The van der Waals surface area contributed by atoms with E-state index in [0.717, 1.165) is 10.5 Å². The zero-order valence-electron chi connectivity index (χ0n) is 16.7. The summed E-state index contributed by atoms with van der Waals surface area (Å²) in [6.07, 6.45) is 0.0527. The lowest BCUT2D eigenvalue weighted by Gasteiger charge is -2.13. The topological polar surface area (TPSA) is 67.9 Å². The molecule has 0 unspecified atom stereocenters. The highest BCUT2D eigenvalue weighted by Gasteiger charge is 2.37. The summed E-state index contributed by atoms with van der Waals surface area (Å²) in [6.45, 7) is 5.84. The van der Waals surface area contributed by atoms with Crippen molar-refractivity contribution >= 4 is 23.1 Å². The van der Waals surface area contributed by atoms with Crippen LogP contribution in [0, 0.1) is 6.92 Å². The number of ether oxygens (including phenoxy) is 2. The molecule has 146 valence electrons. The van der Waals surface area contributed by atoms with Gasteiger partial charge in [0.25, 0.3) is 11.8 Å². The Bertz CT molecular complexity index is 946. The van der Waals surface area contributed by atoms with E-state index >= 15 is 0 Å². The van der Waals surface area contributed by atoms with Crippen LogP contribution in [0.1, 0.15) is 25.0 Å². The van der Waals surface area contributed by atoms with Crippen molar-refractivity contribution in [2.75, 3.05) is 19.5 Å². The van der Waals surface area contributed by atoms with Crippen LogP contribution in [0.2, 0.25) is 0 Å². The molecule has 0 fully saturated rings. The molecule has 0 spiro atoms. The number of nitrogens with one attached hydrogen (secondary N) is 1. The van der Waals surface area contributed by atoms with E-state index in [9.17, 15) is 9.59 Å². The molecule has 0 aromatic heterocycles. The van der Waals surface area contributed by atoms with Gasteiger partial charge in [-0.05, 0) is 56.2 Å². The SMILES string of the molecule is COc1ccc(C)cc1NC1=C(c2ccc(OC(C)C)cc2)C(=O)N(C)C1=O. The predicted octanol–water partition coefficient (Wildman–Crippen LogP) is 3.61. The van der Waals surface area contributed by atoms with E-state index in [-0.39, 0.29) is 23.6 Å². The summed E-state index contributed by atoms with van der Waals surface area (Å²) in [4.78, 5) is 26.6. The van der Waals surface area contributed by atoms with E-state index in [4.69, 9.17) is 9.47 Å². The van der Waals surface area contributed by atoms with E-state index < -0.39 is 0 Å². The normalized spacial score (nSPS) is 14.1. The van der Waals surface area contributed by atoms with Crippen LogP contribution in [0.15, 0.2) is 48.2 Å². The third-order valence-corrected chi connectivity index (χ3v) is 4.42. The minimum Gasteiger partial charge on any atom is -0.495 e. The summed E-state index contributed by atoms with van der Waals surface area (Å²) < 4.78 is 11.0. The van der Waals surface area contributed by atoms with Crippen molar-refractivity contribution in [2.45, 2.75) is 26.9 Å². The van der Waals surface area contributed by atoms with E-state index in [0.29, 0.717) is 28.3 Å². The van der Waals surface area contributed by atoms with Gasteiger partial charge in [0.1, 0.15) is 17.2 Å². The molecule has 0 saturated heterocycles. The fourth-order valence-corrected chi connectivity index (χ4v) is 3.05. The number of carbonyl (C=O) groups is 2. The summed E-state index contributed by atoms with van der Waals surface area (Å²) in [6, 6.07) is 12.8. The monoisotopic (exact) mass is 380 g/mol. The highest BCUT2D eigenvalue weighted by Crippen LogP contribution is 2.33. The van der Waals surface area contributed by atoms with Crippen LogP contribution in [-0.4, -0.2) is 37.0 Å². The molecule has 3 rings (SSSR count). The van der Waals surface area contributed by atoms with Gasteiger partial charge in [0.2, 0.25) is 0 Å². The van der Waals surface area contributed by atoms with Crippen LogP contribution in [0.5, 0.6) is 11.5 Å². The summed E-state index contributed by atoms with van der Waals surface area (Å²) in [5.74, 6) is 0.565. The van der Waals surface area contributed by atoms with Gasteiger partial charge in [0.05, 0.1) is 24.5 Å². The number of imide groups is 1. The molecule has 2 amide bonds. The first-order valence-corrected chi connectivity index (χ1v) is 9.07. The summed E-state index contributed by atoms with van der Waals surface area (Å²) in [7, 11) is 3.04. The second-order valence-electron chi connectivity index (χ2n) is 6.94. The van der Waals surface area contributed by atoms with Gasteiger partial charge >= 0.3 is 0 Å². The molecule has 1 aliphatic rings. The van der Waals surface area contributed by atoms with Crippen LogP contribution in [-0.2, 0) is 9.59 Å². The van der Waals surface area contributed by atoms with E-state index in [1.165, 1.54) is 7.05 Å². The molecule has 0 atom stereocenters. The van der Waals surface area contributed by atoms with Gasteiger partial charge in [-0.2, -0.15) is 0 Å². The predicted molar refractivity (Wildman–Crippen MR) is 108 cm³/mol. The van der Waals surface area contributed by atoms with Crippen molar-refractivity contribution in [1.82, 2.24) is 4.90 Å². The molecule has 2 aromatic rings. The number of methoxy groups -OCH3 is 1. The van der Waals surface area contributed by atoms with Crippen LogP contribution < -0.4 is 14.8 Å². The maximum absolute atomic E-state index is 12.7. The molecular weight excluding hydrogens is 356 g/mol. The molecule has 2 aromatic carbocycles. The van der Waals surface area contributed by atoms with Gasteiger partial charge in [-0.3, -0.25) is 14.5 Å². The molecular formula is C22H24N2O4. The van der Waals surface area contributed by atoms with Gasteiger partial charge in [-0.25, -0.2) is 0 Å². The van der Waals surface area contributed by atoms with Crippen molar-refractivity contribution in [1.29, 1.82) is 0 Å². The summed E-state index contributed by atoms with van der Waals surface area (Å²) in [5, 5.41) is 3.12. The number of rotatable bonds is 6. The number of hydrogen-bond donors (Lipinski definition) is 1. The second-order valence-corrected chi connectivity index (χ2v) is 6.94. The molecule has 1 N–H and O–H groups in total. The van der Waals surface area contributed by atoms with Gasteiger partial charge in [0, 0.05) is 7.05 Å². The average molecular weight is 380 g/mol. The third kappa shape index (κ3) is 3.71. The molecule has 28 heavy (non-hydrogen) atoms. The molecule has 1 aliphatic heterocycles. The van der Waals surface area contributed by atoms with Crippen LogP contribution in [0.3, 0.4) is 0 Å². The first-order valence-electron chi connectivity index (χ1n) is 9.07. The Balaban J connectivity index is 2.04. The fourth-order valence-electron chi connectivity index (χ4n) is 3.05. The third-order valence-electron chi connectivity index (χ3n) is 4.42. The molecule has 6 nitrogen and oxygen atoms in total. The Kier molecular flexibility index (Phi) is 5.40. The molecule has 6 heteroatoms. The Morgan fingerprint density at radius 3 is 2.29 bits per heavy atom. The van der Waals surface area contributed by atoms with Gasteiger partial charge in [0.15, 0.2) is 0 Å². The molecule has 0 saturated carbocycles. The minimum absolute atomic E-state index is 0.0527. The maximum Gasteiger partial charge on any atom is 0.277 e. The minimum atomic E-state index is -0.383. The highest BCUT2D eigenvalue weighted by molar-refractivity contribution is 6.36. The van der Waals surface area contributed by atoms with Crippen LogP contribution in [0.25, 0.3) is 5.57 Å². The second kappa shape index (κ2) is 7.76. The first-order chi connectivity index (χ1) is 13.3. The Morgan fingerprint density at radius 1 is 1.00 bits per heavy atom. The summed E-state index contributed by atoms with van der Waals surface area (Å²) in [5.41, 5.74) is 2.84. The van der Waals surface area contributed by atoms with E-state index in [2.05, 4.69) is 5.32 Å². The molecule has 0 bridgehead atoms. The van der Waals surface area contributed by atoms with Crippen molar-refractivity contribution in [3.05, 3.63) is 59.3 Å². The quantitative estimate of drug-likeness (QED) is 0.776. The zero-order valence-corrected chi connectivity index (χ0v) is 16.7. The highest BCUT2D eigenvalue weighted by atomic mass is 16.5. The van der Waals surface area contributed by atoms with Crippen molar-refractivity contribution in [2.24, 2.45) is 0 Å². The van der Waals surface area contributed by atoms with Crippen LogP contribution >= 0.6 is 0 Å². The summed E-state index contributed by atoms with van der Waals surface area (Å²) >= 11 is 0. The van der Waals surface area contributed by atoms with Crippen molar-refractivity contribution < 1.29 is 19.1 Å². The van der Waals surface area contributed by atoms with E-state index in [1.807, 2.05) is 39.0 Å². The van der Waals surface area contributed by atoms with Gasteiger partial charge in [-0.15, -0.1) is 0 Å². The smallest absolute Gasteiger partial charge is 0.277 e. The largest absolute Gasteiger partial charge is 0.495 e. The first kappa shape index (κ1) is 19.5. The Morgan fingerprint density at radius 2 is 1.68 bits per heavy atom. The van der Waals surface area contributed by atoms with Crippen molar-refractivity contribution in [3.8, 4) is 11.5 Å². The number of amides is 2. The number of aryl methyl sites for hydroxylation is 1. The number of nitrogens with zero attached hydrogens (tertiary/aromatic N) is 1. The lowest BCUT2D eigenvalue weighted by atomic mass is 10.0. The van der Waals surface area contributed by atoms with Crippen molar-refractivity contribution in [3.63, 3.8) is 0 Å². The van der Waals surface area contributed by atoms with Gasteiger partial charge in [-0.1, -0.05) is 18.2 Å². The average Bonchev–Trinajstić information content (AvgIpc) is 2.86. The molecule has 0 aliphatic carbocycles.